The SMILES string of the molecule is CC(C)Oc1ccc(NC(=O)C2CCCCCC2)cc1. The van der Waals surface area contributed by atoms with Crippen LogP contribution in [0.3, 0.4) is 0 Å². The molecule has 1 N–H and O–H groups in total. The Labute approximate surface area is 121 Å². The lowest BCUT2D eigenvalue weighted by Gasteiger charge is -2.15. The van der Waals surface area contributed by atoms with Crippen LogP contribution in [0.5, 0.6) is 5.75 Å². The van der Waals surface area contributed by atoms with E-state index < -0.39 is 0 Å². The Bertz CT molecular complexity index is 417. The van der Waals surface area contributed by atoms with E-state index >= 15 is 0 Å². The van der Waals surface area contributed by atoms with E-state index in [2.05, 4.69) is 5.32 Å². The van der Waals surface area contributed by atoms with Crippen LogP contribution in [-0.2, 0) is 4.79 Å². The zero-order valence-corrected chi connectivity index (χ0v) is 12.5. The molecule has 0 saturated heterocycles. The van der Waals surface area contributed by atoms with E-state index in [-0.39, 0.29) is 17.9 Å². The van der Waals surface area contributed by atoms with Gasteiger partial charge in [0, 0.05) is 11.6 Å². The van der Waals surface area contributed by atoms with Crippen LogP contribution >= 0.6 is 0 Å². The Morgan fingerprint density at radius 2 is 1.70 bits per heavy atom. The smallest absolute Gasteiger partial charge is 0.227 e. The van der Waals surface area contributed by atoms with Crippen LogP contribution in [0.1, 0.15) is 52.4 Å². The first-order valence-corrected chi connectivity index (χ1v) is 7.73. The molecule has 1 saturated carbocycles. The van der Waals surface area contributed by atoms with E-state index in [1.165, 1.54) is 25.7 Å². The van der Waals surface area contributed by atoms with Crippen molar-refractivity contribution >= 4 is 11.6 Å². The summed E-state index contributed by atoms with van der Waals surface area (Å²) in [6.45, 7) is 4.00. The van der Waals surface area contributed by atoms with Gasteiger partial charge in [0.15, 0.2) is 0 Å². The number of rotatable bonds is 4. The first-order chi connectivity index (χ1) is 9.65. The van der Waals surface area contributed by atoms with Gasteiger partial charge in [-0.2, -0.15) is 0 Å². The van der Waals surface area contributed by atoms with Crippen LogP contribution in [0.2, 0.25) is 0 Å². The van der Waals surface area contributed by atoms with Crippen molar-refractivity contribution in [2.45, 2.75) is 58.5 Å². The molecule has 20 heavy (non-hydrogen) atoms. The number of carbonyl (C=O) groups is 1. The van der Waals surface area contributed by atoms with Gasteiger partial charge < -0.3 is 10.1 Å². The molecular weight excluding hydrogens is 250 g/mol. The van der Waals surface area contributed by atoms with Crippen molar-refractivity contribution in [2.24, 2.45) is 5.92 Å². The summed E-state index contributed by atoms with van der Waals surface area (Å²) >= 11 is 0. The van der Waals surface area contributed by atoms with Crippen molar-refractivity contribution in [2.75, 3.05) is 5.32 Å². The van der Waals surface area contributed by atoms with Crippen molar-refractivity contribution in [1.82, 2.24) is 0 Å². The van der Waals surface area contributed by atoms with Gasteiger partial charge in [-0.05, 0) is 51.0 Å². The van der Waals surface area contributed by atoms with Gasteiger partial charge in [-0.3, -0.25) is 4.79 Å². The molecule has 110 valence electrons. The van der Waals surface area contributed by atoms with Gasteiger partial charge in [-0.25, -0.2) is 0 Å². The summed E-state index contributed by atoms with van der Waals surface area (Å²) in [4.78, 5) is 12.2. The number of benzene rings is 1. The molecule has 3 nitrogen and oxygen atoms in total. The second kappa shape index (κ2) is 7.32. The predicted molar refractivity (Wildman–Crippen MR) is 82.0 cm³/mol. The molecule has 3 heteroatoms. The van der Waals surface area contributed by atoms with Crippen LogP contribution in [0.15, 0.2) is 24.3 Å². The first kappa shape index (κ1) is 14.9. The molecule has 0 aliphatic heterocycles. The van der Waals surface area contributed by atoms with Gasteiger partial charge in [0.25, 0.3) is 0 Å². The summed E-state index contributed by atoms with van der Waals surface area (Å²) in [6, 6.07) is 7.63. The minimum atomic E-state index is 0.168. The molecule has 1 aromatic rings. The molecule has 1 aliphatic rings. The third-order valence-electron chi connectivity index (χ3n) is 3.72. The third kappa shape index (κ3) is 4.55. The number of anilines is 1. The molecule has 1 aliphatic carbocycles. The maximum absolute atomic E-state index is 12.2. The number of hydrogen-bond acceptors (Lipinski definition) is 2. The van der Waals surface area contributed by atoms with E-state index in [0.717, 1.165) is 24.3 Å². The molecule has 1 fully saturated rings. The molecule has 0 atom stereocenters. The largest absolute Gasteiger partial charge is 0.491 e. The van der Waals surface area contributed by atoms with Gasteiger partial charge in [0.1, 0.15) is 5.75 Å². The lowest BCUT2D eigenvalue weighted by atomic mass is 9.99. The Hall–Kier alpha value is -1.51. The number of amides is 1. The standard InChI is InChI=1S/C17H25NO2/c1-13(2)20-16-11-9-15(10-12-16)18-17(19)14-7-5-3-4-6-8-14/h9-14H,3-8H2,1-2H3,(H,18,19). The quantitative estimate of drug-likeness (QED) is 0.828. The van der Waals surface area contributed by atoms with Crippen molar-refractivity contribution in [3.63, 3.8) is 0 Å². The number of carbonyl (C=O) groups excluding carboxylic acids is 1. The molecule has 0 radical (unpaired) electrons. The average Bonchev–Trinajstić information content (AvgIpc) is 2.69. The van der Waals surface area contributed by atoms with Crippen molar-refractivity contribution < 1.29 is 9.53 Å². The molecule has 2 rings (SSSR count). The fourth-order valence-electron chi connectivity index (χ4n) is 2.67. The highest BCUT2D eigenvalue weighted by atomic mass is 16.5. The van der Waals surface area contributed by atoms with Gasteiger partial charge in [0.2, 0.25) is 5.91 Å². The Morgan fingerprint density at radius 3 is 2.25 bits per heavy atom. The average molecular weight is 275 g/mol. The molecule has 0 aromatic heterocycles. The Morgan fingerprint density at radius 1 is 1.10 bits per heavy atom. The lowest BCUT2D eigenvalue weighted by molar-refractivity contribution is -0.120. The van der Waals surface area contributed by atoms with E-state index in [1.807, 2.05) is 38.1 Å². The predicted octanol–water partition coefficient (Wildman–Crippen LogP) is 4.38. The third-order valence-corrected chi connectivity index (χ3v) is 3.72. The maximum Gasteiger partial charge on any atom is 0.227 e. The zero-order valence-electron chi connectivity index (χ0n) is 12.5. The molecular formula is C17H25NO2. The first-order valence-electron chi connectivity index (χ1n) is 7.73. The minimum Gasteiger partial charge on any atom is -0.491 e. The number of hydrogen-bond donors (Lipinski definition) is 1. The van der Waals surface area contributed by atoms with Crippen molar-refractivity contribution in [1.29, 1.82) is 0 Å². The zero-order chi connectivity index (χ0) is 14.4. The van der Waals surface area contributed by atoms with Crippen LogP contribution in [-0.4, -0.2) is 12.0 Å². The normalized spacial score (nSPS) is 16.8. The second-order valence-corrected chi connectivity index (χ2v) is 5.87. The fourth-order valence-corrected chi connectivity index (χ4v) is 2.67. The van der Waals surface area contributed by atoms with E-state index in [9.17, 15) is 4.79 Å². The van der Waals surface area contributed by atoms with Gasteiger partial charge in [-0.1, -0.05) is 25.7 Å². The van der Waals surface area contributed by atoms with E-state index in [0.29, 0.717) is 0 Å². The number of nitrogens with one attached hydrogen (secondary N) is 1. The highest BCUT2D eigenvalue weighted by Gasteiger charge is 2.19. The highest BCUT2D eigenvalue weighted by Crippen LogP contribution is 2.24. The maximum atomic E-state index is 12.2. The lowest BCUT2D eigenvalue weighted by Crippen LogP contribution is -2.22. The van der Waals surface area contributed by atoms with Crippen LogP contribution in [0.25, 0.3) is 0 Å². The summed E-state index contributed by atoms with van der Waals surface area (Å²) in [5.41, 5.74) is 0.857. The van der Waals surface area contributed by atoms with Crippen LogP contribution in [0, 0.1) is 5.92 Å². The number of ether oxygens (including phenoxy) is 1. The van der Waals surface area contributed by atoms with Gasteiger partial charge >= 0.3 is 0 Å². The fraction of sp³-hybridized carbons (Fsp3) is 0.588. The van der Waals surface area contributed by atoms with Gasteiger partial charge in [-0.15, -0.1) is 0 Å². The molecule has 0 unspecified atom stereocenters. The monoisotopic (exact) mass is 275 g/mol. The summed E-state index contributed by atoms with van der Waals surface area (Å²) in [6.07, 6.45) is 7.12. The molecule has 1 amide bonds. The van der Waals surface area contributed by atoms with E-state index in [1.54, 1.807) is 0 Å². The highest BCUT2D eigenvalue weighted by molar-refractivity contribution is 5.92. The summed E-state index contributed by atoms with van der Waals surface area (Å²) < 4.78 is 5.59. The molecule has 1 aromatic carbocycles. The summed E-state index contributed by atoms with van der Waals surface area (Å²) in [7, 11) is 0. The van der Waals surface area contributed by atoms with Crippen LogP contribution in [0.4, 0.5) is 5.69 Å². The van der Waals surface area contributed by atoms with E-state index in [4.69, 9.17) is 4.74 Å². The topological polar surface area (TPSA) is 38.3 Å². The summed E-state index contributed by atoms with van der Waals surface area (Å²) in [5.74, 6) is 1.20. The van der Waals surface area contributed by atoms with Crippen LogP contribution < -0.4 is 10.1 Å². The van der Waals surface area contributed by atoms with Gasteiger partial charge in [0.05, 0.1) is 6.10 Å². The molecule has 0 spiro atoms. The second-order valence-electron chi connectivity index (χ2n) is 5.87. The summed E-state index contributed by atoms with van der Waals surface area (Å²) in [5, 5.41) is 3.03. The molecule has 0 heterocycles. The Kier molecular flexibility index (Phi) is 5.45. The van der Waals surface area contributed by atoms with Crippen molar-refractivity contribution in [3.8, 4) is 5.75 Å². The minimum absolute atomic E-state index is 0.168. The Balaban J connectivity index is 1.90. The van der Waals surface area contributed by atoms with Crippen molar-refractivity contribution in [3.05, 3.63) is 24.3 Å². The molecule has 0 bridgehead atoms.